The normalized spacial score (nSPS) is 10.2. The van der Waals surface area contributed by atoms with E-state index in [1.54, 1.807) is 7.11 Å². The summed E-state index contributed by atoms with van der Waals surface area (Å²) in [6.45, 7) is 4.33. The minimum Gasteiger partial charge on any atom is -0.496 e. The lowest BCUT2D eigenvalue weighted by atomic mass is 10.0. The first-order chi connectivity index (χ1) is 5.25. The second-order valence-corrected chi connectivity index (χ2v) is 2.90. The van der Waals surface area contributed by atoms with Crippen molar-refractivity contribution in [2.75, 3.05) is 7.11 Å². The Morgan fingerprint density at radius 3 is 2.27 bits per heavy atom. The number of para-hydroxylation sites is 1. The Morgan fingerprint density at radius 2 is 1.82 bits per heavy atom. The molecule has 0 heterocycles. The largest absolute Gasteiger partial charge is 0.496 e. The predicted octanol–water partition coefficient (Wildman–Crippen LogP) is 2.82. The molecule has 11 heavy (non-hydrogen) atoms. The van der Waals surface area contributed by atoms with E-state index in [0.29, 0.717) is 5.92 Å². The first kappa shape index (κ1) is 8.12. The van der Waals surface area contributed by atoms with E-state index in [4.69, 9.17) is 4.74 Å². The van der Waals surface area contributed by atoms with Crippen LogP contribution in [0.5, 0.6) is 5.75 Å². The molecule has 1 rings (SSSR count). The highest BCUT2D eigenvalue weighted by molar-refractivity contribution is 5.35. The zero-order valence-corrected chi connectivity index (χ0v) is 7.29. The molecule has 0 aliphatic carbocycles. The molecule has 1 aromatic carbocycles. The molecule has 0 aliphatic rings. The van der Waals surface area contributed by atoms with Gasteiger partial charge in [0, 0.05) is 0 Å². The van der Waals surface area contributed by atoms with Crippen LogP contribution >= 0.6 is 0 Å². The zero-order chi connectivity index (χ0) is 8.27. The average molecular weight is 150 g/mol. The van der Waals surface area contributed by atoms with Gasteiger partial charge in [-0.1, -0.05) is 32.0 Å². The molecule has 1 nitrogen and oxygen atoms in total. The van der Waals surface area contributed by atoms with Crippen LogP contribution in [0.2, 0.25) is 0 Å². The monoisotopic (exact) mass is 150 g/mol. The van der Waals surface area contributed by atoms with E-state index in [0.717, 1.165) is 5.75 Å². The first-order valence-electron chi connectivity index (χ1n) is 3.88. The van der Waals surface area contributed by atoms with Crippen LogP contribution in [0.15, 0.2) is 24.3 Å². The van der Waals surface area contributed by atoms with E-state index in [-0.39, 0.29) is 0 Å². The van der Waals surface area contributed by atoms with Crippen molar-refractivity contribution >= 4 is 0 Å². The molecule has 60 valence electrons. The van der Waals surface area contributed by atoms with Gasteiger partial charge in [-0.25, -0.2) is 0 Å². The van der Waals surface area contributed by atoms with Crippen LogP contribution in [-0.4, -0.2) is 7.11 Å². The third-order valence-corrected chi connectivity index (χ3v) is 1.76. The molecule has 0 unspecified atom stereocenters. The van der Waals surface area contributed by atoms with Gasteiger partial charge in [-0.05, 0) is 17.5 Å². The molecular formula is C10H14O. The molecule has 1 heteroatoms. The first-order valence-corrected chi connectivity index (χ1v) is 3.88. The molecule has 0 amide bonds. The molecule has 0 saturated carbocycles. The van der Waals surface area contributed by atoms with Gasteiger partial charge in [0.1, 0.15) is 5.75 Å². The lowest BCUT2D eigenvalue weighted by Crippen LogP contribution is -1.92. The maximum Gasteiger partial charge on any atom is 0.122 e. The van der Waals surface area contributed by atoms with E-state index >= 15 is 0 Å². The fourth-order valence-corrected chi connectivity index (χ4v) is 1.14. The molecule has 0 spiro atoms. The quantitative estimate of drug-likeness (QED) is 0.630. The van der Waals surface area contributed by atoms with Gasteiger partial charge in [0.25, 0.3) is 0 Å². The smallest absolute Gasteiger partial charge is 0.122 e. The van der Waals surface area contributed by atoms with Gasteiger partial charge in [0.05, 0.1) is 7.11 Å². The standard InChI is InChI=1S/C10H14O/c1-8(2)9-6-4-5-7-10(9)11-3/h4-8H,1-3H3. The third-order valence-electron chi connectivity index (χ3n) is 1.76. The summed E-state index contributed by atoms with van der Waals surface area (Å²) in [6.07, 6.45) is 0. The Labute approximate surface area is 68.0 Å². The van der Waals surface area contributed by atoms with Crippen molar-refractivity contribution in [1.29, 1.82) is 0 Å². The van der Waals surface area contributed by atoms with Crippen LogP contribution in [-0.2, 0) is 0 Å². The van der Waals surface area contributed by atoms with Gasteiger partial charge in [-0.15, -0.1) is 0 Å². The highest BCUT2D eigenvalue weighted by Crippen LogP contribution is 2.24. The van der Waals surface area contributed by atoms with Gasteiger partial charge in [0.2, 0.25) is 0 Å². The van der Waals surface area contributed by atoms with Crippen LogP contribution < -0.4 is 4.74 Å². The maximum absolute atomic E-state index is 5.21. The predicted molar refractivity (Wildman–Crippen MR) is 47.1 cm³/mol. The summed E-state index contributed by atoms with van der Waals surface area (Å²) in [5, 5.41) is 0. The molecular weight excluding hydrogens is 136 g/mol. The summed E-state index contributed by atoms with van der Waals surface area (Å²) in [7, 11) is 1.71. The van der Waals surface area contributed by atoms with Crippen LogP contribution in [0.3, 0.4) is 0 Å². The van der Waals surface area contributed by atoms with E-state index in [9.17, 15) is 0 Å². The van der Waals surface area contributed by atoms with Crippen molar-refractivity contribution in [3.8, 4) is 5.75 Å². The SMILES string of the molecule is COc1ccccc1C(C)C. The van der Waals surface area contributed by atoms with E-state index in [2.05, 4.69) is 19.9 Å². The number of hydrogen-bond acceptors (Lipinski definition) is 1. The molecule has 0 aromatic heterocycles. The molecule has 1 aromatic rings. The molecule has 0 fully saturated rings. The number of hydrogen-bond donors (Lipinski definition) is 0. The van der Waals surface area contributed by atoms with Gasteiger partial charge in [-0.3, -0.25) is 0 Å². The minimum absolute atomic E-state index is 0.533. The Kier molecular flexibility index (Phi) is 2.53. The van der Waals surface area contributed by atoms with Crippen molar-refractivity contribution in [3.05, 3.63) is 29.8 Å². The van der Waals surface area contributed by atoms with Crippen molar-refractivity contribution in [3.63, 3.8) is 0 Å². The number of ether oxygens (including phenoxy) is 1. The van der Waals surface area contributed by atoms with E-state index in [1.165, 1.54) is 5.56 Å². The van der Waals surface area contributed by atoms with Crippen LogP contribution in [0.25, 0.3) is 0 Å². The summed E-state index contributed by atoms with van der Waals surface area (Å²) >= 11 is 0. The summed E-state index contributed by atoms with van der Waals surface area (Å²) in [4.78, 5) is 0. The molecule has 0 radical (unpaired) electrons. The lowest BCUT2D eigenvalue weighted by molar-refractivity contribution is 0.407. The number of benzene rings is 1. The van der Waals surface area contributed by atoms with Crippen molar-refractivity contribution in [2.24, 2.45) is 0 Å². The van der Waals surface area contributed by atoms with Crippen LogP contribution in [0.1, 0.15) is 25.3 Å². The Morgan fingerprint density at radius 1 is 1.18 bits per heavy atom. The third kappa shape index (κ3) is 1.73. The van der Waals surface area contributed by atoms with Crippen molar-refractivity contribution in [2.45, 2.75) is 19.8 Å². The summed E-state index contributed by atoms with van der Waals surface area (Å²) in [5.74, 6) is 1.52. The lowest BCUT2D eigenvalue weighted by Gasteiger charge is -2.10. The second kappa shape index (κ2) is 3.42. The topological polar surface area (TPSA) is 9.23 Å². The van der Waals surface area contributed by atoms with Crippen molar-refractivity contribution < 1.29 is 4.74 Å². The Hall–Kier alpha value is -0.980. The van der Waals surface area contributed by atoms with Gasteiger partial charge >= 0.3 is 0 Å². The van der Waals surface area contributed by atoms with Crippen LogP contribution in [0, 0.1) is 0 Å². The van der Waals surface area contributed by atoms with E-state index < -0.39 is 0 Å². The molecule has 0 bridgehead atoms. The average Bonchev–Trinajstić information content (AvgIpc) is 2.04. The second-order valence-electron chi connectivity index (χ2n) is 2.90. The van der Waals surface area contributed by atoms with Gasteiger partial charge < -0.3 is 4.74 Å². The highest BCUT2D eigenvalue weighted by Gasteiger charge is 2.03. The molecule has 0 saturated heterocycles. The Bertz CT molecular complexity index is 228. The molecule has 0 N–H and O–H groups in total. The zero-order valence-electron chi connectivity index (χ0n) is 7.29. The molecule has 0 aliphatic heterocycles. The number of methoxy groups -OCH3 is 1. The Balaban J connectivity index is 3.02. The van der Waals surface area contributed by atoms with Crippen LogP contribution in [0.4, 0.5) is 0 Å². The fraction of sp³-hybridized carbons (Fsp3) is 0.400. The van der Waals surface area contributed by atoms with Crippen molar-refractivity contribution in [1.82, 2.24) is 0 Å². The summed E-state index contributed by atoms with van der Waals surface area (Å²) in [5.41, 5.74) is 1.27. The van der Waals surface area contributed by atoms with E-state index in [1.807, 2.05) is 18.2 Å². The van der Waals surface area contributed by atoms with Gasteiger partial charge in [-0.2, -0.15) is 0 Å². The minimum atomic E-state index is 0.533. The van der Waals surface area contributed by atoms with Gasteiger partial charge in [0.15, 0.2) is 0 Å². The number of rotatable bonds is 2. The summed E-state index contributed by atoms with van der Waals surface area (Å²) < 4.78 is 5.21. The maximum atomic E-state index is 5.21. The summed E-state index contributed by atoms with van der Waals surface area (Å²) in [6, 6.07) is 8.13. The fourth-order valence-electron chi connectivity index (χ4n) is 1.14. The molecule has 0 atom stereocenters. The highest BCUT2D eigenvalue weighted by atomic mass is 16.5.